The van der Waals surface area contributed by atoms with Crippen LogP contribution in [-0.2, 0) is 4.79 Å². The summed E-state index contributed by atoms with van der Waals surface area (Å²) in [7, 11) is 1.60. The number of aliphatic hydroxyl groups is 1. The lowest BCUT2D eigenvalue weighted by molar-refractivity contribution is -0.117. The Morgan fingerprint density at radius 1 is 1.47 bits per heavy atom. The minimum Gasteiger partial charge on any atom is -0.495 e. The first kappa shape index (κ1) is 13.9. The maximum atomic E-state index is 12.3. The molecule has 1 unspecified atom stereocenters. The van der Waals surface area contributed by atoms with E-state index in [1.807, 2.05) is 39.0 Å². The van der Waals surface area contributed by atoms with Crippen molar-refractivity contribution < 1.29 is 14.6 Å². The van der Waals surface area contributed by atoms with Crippen LogP contribution in [0.1, 0.15) is 25.8 Å². The molecule has 1 amide bonds. The summed E-state index contributed by atoms with van der Waals surface area (Å²) in [6, 6.07) is 5.79. The molecule has 4 heteroatoms. The van der Waals surface area contributed by atoms with Crippen LogP contribution in [-0.4, -0.2) is 30.3 Å². The first-order chi connectivity index (χ1) is 8.91. The molecule has 0 bridgehead atoms. The molecule has 1 aromatic carbocycles. The molecule has 19 heavy (non-hydrogen) atoms. The quantitative estimate of drug-likeness (QED) is 0.909. The van der Waals surface area contributed by atoms with E-state index < -0.39 is 5.54 Å². The number of aliphatic hydroxyl groups excluding tert-OH is 1. The molecule has 1 heterocycles. The van der Waals surface area contributed by atoms with E-state index in [0.29, 0.717) is 12.2 Å². The fraction of sp³-hybridized carbons (Fsp3) is 0.533. The first-order valence-electron chi connectivity index (χ1n) is 6.50. The number of nitrogens with zero attached hydrogens (tertiary/aromatic N) is 1. The van der Waals surface area contributed by atoms with E-state index in [2.05, 4.69) is 0 Å². The fourth-order valence-electron chi connectivity index (χ4n) is 2.76. The molecule has 0 aliphatic carbocycles. The number of anilines is 1. The smallest absolute Gasteiger partial charge is 0.228 e. The number of carbonyl (C=O) groups excluding carboxylic acids is 1. The van der Waals surface area contributed by atoms with E-state index in [0.717, 1.165) is 11.3 Å². The molecule has 0 spiro atoms. The average Bonchev–Trinajstić information content (AvgIpc) is 2.58. The van der Waals surface area contributed by atoms with E-state index >= 15 is 0 Å². The lowest BCUT2D eigenvalue weighted by Crippen LogP contribution is -2.45. The summed E-state index contributed by atoms with van der Waals surface area (Å²) >= 11 is 0. The Morgan fingerprint density at radius 3 is 2.68 bits per heavy atom. The minimum absolute atomic E-state index is 0.0172. The molecule has 0 radical (unpaired) electrons. The number of ether oxygens (including phenoxy) is 1. The first-order valence-corrected chi connectivity index (χ1v) is 6.50. The highest BCUT2D eigenvalue weighted by atomic mass is 16.5. The van der Waals surface area contributed by atoms with E-state index in [-0.39, 0.29) is 18.4 Å². The maximum Gasteiger partial charge on any atom is 0.228 e. The van der Waals surface area contributed by atoms with Gasteiger partial charge < -0.3 is 14.7 Å². The molecule has 1 aliphatic rings. The summed E-state index contributed by atoms with van der Waals surface area (Å²) < 4.78 is 5.37. The van der Waals surface area contributed by atoms with Gasteiger partial charge in [0.25, 0.3) is 0 Å². The van der Waals surface area contributed by atoms with Crippen LogP contribution in [0, 0.1) is 12.8 Å². The number of methoxy groups -OCH3 is 1. The standard InChI is InChI=1S/C15H21NO3/c1-10-5-6-13(19-4)12(7-10)16-14(18)8-11(9-17)15(16,2)3/h5-7,11,17H,8-9H2,1-4H3. The van der Waals surface area contributed by atoms with E-state index in [1.54, 1.807) is 12.0 Å². The third kappa shape index (κ3) is 2.21. The van der Waals surface area contributed by atoms with Crippen LogP contribution in [0.3, 0.4) is 0 Å². The molecule has 1 atom stereocenters. The fourth-order valence-corrected chi connectivity index (χ4v) is 2.76. The van der Waals surface area contributed by atoms with Gasteiger partial charge >= 0.3 is 0 Å². The Kier molecular flexibility index (Phi) is 3.54. The SMILES string of the molecule is COc1ccc(C)cc1N1C(=O)CC(CO)C1(C)C. The molecule has 1 saturated heterocycles. The van der Waals surface area contributed by atoms with Gasteiger partial charge in [-0.25, -0.2) is 0 Å². The minimum atomic E-state index is -0.410. The van der Waals surface area contributed by atoms with E-state index in [4.69, 9.17) is 4.74 Å². The predicted molar refractivity (Wildman–Crippen MR) is 74.5 cm³/mol. The number of rotatable bonds is 3. The summed E-state index contributed by atoms with van der Waals surface area (Å²) in [6.45, 7) is 5.98. The molecule has 104 valence electrons. The van der Waals surface area contributed by atoms with Crippen molar-refractivity contribution in [2.24, 2.45) is 5.92 Å². The van der Waals surface area contributed by atoms with Crippen LogP contribution in [0.2, 0.25) is 0 Å². The van der Waals surface area contributed by atoms with Crippen LogP contribution in [0.5, 0.6) is 5.75 Å². The van der Waals surface area contributed by atoms with Crippen molar-refractivity contribution in [2.75, 3.05) is 18.6 Å². The molecule has 0 saturated carbocycles. The van der Waals surface area contributed by atoms with Gasteiger partial charge in [-0.2, -0.15) is 0 Å². The third-order valence-electron chi connectivity index (χ3n) is 4.04. The predicted octanol–water partition coefficient (Wildman–Crippen LogP) is 2.13. The number of hydrogen-bond acceptors (Lipinski definition) is 3. The zero-order valence-electron chi connectivity index (χ0n) is 11.9. The second kappa shape index (κ2) is 4.85. The topological polar surface area (TPSA) is 49.8 Å². The highest BCUT2D eigenvalue weighted by Crippen LogP contribution is 2.42. The number of carbonyl (C=O) groups is 1. The van der Waals surface area contributed by atoms with E-state index in [1.165, 1.54) is 0 Å². The van der Waals surface area contributed by atoms with E-state index in [9.17, 15) is 9.90 Å². The summed E-state index contributed by atoms with van der Waals surface area (Å²) in [6.07, 6.45) is 0.376. The van der Waals surface area contributed by atoms with Gasteiger partial charge in [-0.05, 0) is 38.5 Å². The molecule has 1 N–H and O–H groups in total. The number of amides is 1. The molecule has 2 rings (SSSR count). The highest BCUT2D eigenvalue weighted by molar-refractivity contribution is 5.99. The van der Waals surface area contributed by atoms with Crippen molar-refractivity contribution in [3.05, 3.63) is 23.8 Å². The summed E-state index contributed by atoms with van der Waals surface area (Å²) in [5, 5.41) is 9.46. The molecule has 1 aliphatic heterocycles. The number of benzene rings is 1. The van der Waals surface area contributed by atoms with Crippen molar-refractivity contribution in [1.29, 1.82) is 0 Å². The molecular formula is C15H21NO3. The monoisotopic (exact) mass is 263 g/mol. The zero-order chi connectivity index (χ0) is 14.2. The van der Waals surface area contributed by atoms with Crippen molar-refractivity contribution in [3.8, 4) is 5.75 Å². The maximum absolute atomic E-state index is 12.3. The Labute approximate surface area is 114 Å². The lowest BCUT2D eigenvalue weighted by atomic mass is 9.89. The second-order valence-electron chi connectivity index (χ2n) is 5.64. The van der Waals surface area contributed by atoms with Crippen molar-refractivity contribution in [3.63, 3.8) is 0 Å². The number of aryl methyl sites for hydroxylation is 1. The van der Waals surface area contributed by atoms with Gasteiger partial charge in [0, 0.05) is 24.5 Å². The largest absolute Gasteiger partial charge is 0.495 e. The normalized spacial score (nSPS) is 21.8. The third-order valence-corrected chi connectivity index (χ3v) is 4.04. The Hall–Kier alpha value is -1.55. The summed E-state index contributed by atoms with van der Waals surface area (Å²) in [4.78, 5) is 14.1. The average molecular weight is 263 g/mol. The Morgan fingerprint density at radius 2 is 2.16 bits per heavy atom. The Balaban J connectivity index is 2.51. The molecule has 0 aromatic heterocycles. The van der Waals surface area contributed by atoms with Gasteiger partial charge in [0.1, 0.15) is 5.75 Å². The van der Waals surface area contributed by atoms with Crippen LogP contribution in [0.4, 0.5) is 5.69 Å². The van der Waals surface area contributed by atoms with Gasteiger partial charge in [-0.1, -0.05) is 6.07 Å². The van der Waals surface area contributed by atoms with Crippen LogP contribution >= 0.6 is 0 Å². The van der Waals surface area contributed by atoms with Gasteiger partial charge in [0.2, 0.25) is 5.91 Å². The van der Waals surface area contributed by atoms with Crippen molar-refractivity contribution in [1.82, 2.24) is 0 Å². The van der Waals surface area contributed by atoms with Crippen LogP contribution in [0.25, 0.3) is 0 Å². The second-order valence-corrected chi connectivity index (χ2v) is 5.64. The molecule has 4 nitrogen and oxygen atoms in total. The summed E-state index contributed by atoms with van der Waals surface area (Å²) in [5.74, 6) is 0.670. The number of hydrogen-bond donors (Lipinski definition) is 1. The van der Waals surface area contributed by atoms with Crippen LogP contribution in [0.15, 0.2) is 18.2 Å². The van der Waals surface area contributed by atoms with Gasteiger partial charge in [0.15, 0.2) is 0 Å². The highest BCUT2D eigenvalue weighted by Gasteiger charge is 2.47. The van der Waals surface area contributed by atoms with Crippen molar-refractivity contribution in [2.45, 2.75) is 32.7 Å². The molecular weight excluding hydrogens is 242 g/mol. The van der Waals surface area contributed by atoms with Gasteiger partial charge in [-0.15, -0.1) is 0 Å². The van der Waals surface area contributed by atoms with Crippen molar-refractivity contribution >= 4 is 11.6 Å². The lowest BCUT2D eigenvalue weighted by Gasteiger charge is -2.36. The van der Waals surface area contributed by atoms with Gasteiger partial charge in [0.05, 0.1) is 12.8 Å². The summed E-state index contributed by atoms with van der Waals surface area (Å²) in [5.41, 5.74) is 1.45. The molecule has 1 fully saturated rings. The zero-order valence-corrected chi connectivity index (χ0v) is 11.9. The van der Waals surface area contributed by atoms with Crippen LogP contribution < -0.4 is 9.64 Å². The Bertz CT molecular complexity index is 496. The van der Waals surface area contributed by atoms with Gasteiger partial charge in [-0.3, -0.25) is 4.79 Å². The molecule has 1 aromatic rings.